The molecule has 1 saturated heterocycles. The fourth-order valence-corrected chi connectivity index (χ4v) is 2.03. The molecular formula is C12H21NO4. The van der Waals surface area contributed by atoms with Crippen molar-refractivity contribution in [3.63, 3.8) is 0 Å². The number of esters is 1. The monoisotopic (exact) mass is 243 g/mol. The molecule has 1 fully saturated rings. The lowest BCUT2D eigenvalue weighted by atomic mass is 9.76. The first kappa shape index (κ1) is 14.0. The molecule has 5 nitrogen and oxygen atoms in total. The van der Waals surface area contributed by atoms with Crippen LogP contribution in [0.5, 0.6) is 0 Å². The second-order valence-corrected chi connectivity index (χ2v) is 5.60. The van der Waals surface area contributed by atoms with Crippen molar-refractivity contribution in [3.05, 3.63) is 0 Å². The molecule has 2 N–H and O–H groups in total. The third-order valence-electron chi connectivity index (χ3n) is 2.92. The molecule has 1 heterocycles. The number of hydrogen-bond donors (Lipinski definition) is 2. The number of carboxylic acid groups (broad SMARTS) is 1. The van der Waals surface area contributed by atoms with Gasteiger partial charge in [-0.05, 0) is 46.7 Å². The topological polar surface area (TPSA) is 75.6 Å². The molecule has 0 atom stereocenters. The molecule has 0 spiro atoms. The maximum absolute atomic E-state index is 11.7. The van der Waals surface area contributed by atoms with Gasteiger partial charge in [-0.2, -0.15) is 0 Å². The van der Waals surface area contributed by atoms with Gasteiger partial charge in [0.1, 0.15) is 5.60 Å². The van der Waals surface area contributed by atoms with Crippen LogP contribution >= 0.6 is 0 Å². The highest BCUT2D eigenvalue weighted by Gasteiger charge is 2.42. The van der Waals surface area contributed by atoms with Crippen LogP contribution in [0, 0.1) is 5.41 Å². The van der Waals surface area contributed by atoms with E-state index < -0.39 is 23.0 Å². The number of rotatable bonds is 3. The number of nitrogens with one attached hydrogen (secondary N) is 1. The molecule has 0 aromatic carbocycles. The smallest absolute Gasteiger partial charge is 0.310 e. The number of piperidine rings is 1. The highest BCUT2D eigenvalue weighted by atomic mass is 16.6. The van der Waals surface area contributed by atoms with Gasteiger partial charge < -0.3 is 15.2 Å². The summed E-state index contributed by atoms with van der Waals surface area (Å²) in [6, 6.07) is 0. The Morgan fingerprint density at radius 2 is 1.82 bits per heavy atom. The van der Waals surface area contributed by atoms with Crippen LogP contribution < -0.4 is 5.32 Å². The van der Waals surface area contributed by atoms with E-state index in [0.29, 0.717) is 25.9 Å². The Hall–Kier alpha value is -1.10. The minimum atomic E-state index is -0.951. The molecule has 17 heavy (non-hydrogen) atoms. The van der Waals surface area contributed by atoms with Crippen LogP contribution in [0.1, 0.15) is 40.0 Å². The first-order valence-electron chi connectivity index (χ1n) is 5.91. The van der Waals surface area contributed by atoms with E-state index in [-0.39, 0.29) is 6.42 Å². The van der Waals surface area contributed by atoms with Crippen LogP contribution in [0.2, 0.25) is 0 Å². The van der Waals surface area contributed by atoms with Crippen LogP contribution in [0.25, 0.3) is 0 Å². The van der Waals surface area contributed by atoms with Gasteiger partial charge in [-0.15, -0.1) is 0 Å². The molecule has 0 aliphatic carbocycles. The summed E-state index contributed by atoms with van der Waals surface area (Å²) < 4.78 is 5.19. The highest BCUT2D eigenvalue weighted by Crippen LogP contribution is 2.34. The molecule has 0 amide bonds. The molecule has 5 heteroatoms. The number of carbonyl (C=O) groups is 2. The number of carboxylic acids is 1. The number of carbonyl (C=O) groups excluding carboxylic acids is 1. The average molecular weight is 243 g/mol. The van der Waals surface area contributed by atoms with Gasteiger partial charge in [-0.3, -0.25) is 9.59 Å². The molecule has 0 saturated carbocycles. The predicted octanol–water partition coefficient (Wildman–Crippen LogP) is 1.17. The van der Waals surface area contributed by atoms with Gasteiger partial charge in [0.25, 0.3) is 0 Å². The third-order valence-corrected chi connectivity index (χ3v) is 2.92. The fraction of sp³-hybridized carbons (Fsp3) is 0.833. The van der Waals surface area contributed by atoms with E-state index in [1.807, 2.05) is 0 Å². The third kappa shape index (κ3) is 4.00. The molecule has 0 aromatic rings. The lowest BCUT2D eigenvalue weighted by molar-refractivity contribution is -0.166. The minimum Gasteiger partial charge on any atom is -0.481 e. The van der Waals surface area contributed by atoms with E-state index >= 15 is 0 Å². The van der Waals surface area contributed by atoms with Gasteiger partial charge in [-0.1, -0.05) is 0 Å². The van der Waals surface area contributed by atoms with E-state index in [1.54, 1.807) is 20.8 Å². The van der Waals surface area contributed by atoms with Crippen LogP contribution in [-0.2, 0) is 14.3 Å². The Kier molecular flexibility index (Phi) is 4.14. The summed E-state index contributed by atoms with van der Waals surface area (Å²) in [5, 5.41) is 12.4. The maximum atomic E-state index is 11.7. The van der Waals surface area contributed by atoms with Crippen molar-refractivity contribution in [3.8, 4) is 0 Å². The SMILES string of the molecule is CC(C)(C)OC(=O)CC1(C(=O)O)CCNCC1. The molecule has 0 bridgehead atoms. The fourth-order valence-electron chi connectivity index (χ4n) is 2.03. The molecule has 98 valence electrons. The van der Waals surface area contributed by atoms with Crippen LogP contribution in [0.15, 0.2) is 0 Å². The van der Waals surface area contributed by atoms with E-state index in [2.05, 4.69) is 5.32 Å². The lowest BCUT2D eigenvalue weighted by Crippen LogP contribution is -2.44. The summed E-state index contributed by atoms with van der Waals surface area (Å²) in [4.78, 5) is 23.1. The largest absolute Gasteiger partial charge is 0.481 e. The quantitative estimate of drug-likeness (QED) is 0.728. The molecular weight excluding hydrogens is 222 g/mol. The average Bonchev–Trinajstić information content (AvgIpc) is 2.15. The summed E-state index contributed by atoms with van der Waals surface area (Å²) in [5.41, 5.74) is -1.52. The minimum absolute atomic E-state index is 0.0404. The van der Waals surface area contributed by atoms with Gasteiger partial charge in [0, 0.05) is 0 Å². The Morgan fingerprint density at radius 3 is 2.24 bits per heavy atom. The van der Waals surface area contributed by atoms with Gasteiger partial charge >= 0.3 is 11.9 Å². The standard InChI is InChI=1S/C12H21NO4/c1-11(2,3)17-9(14)8-12(10(15)16)4-6-13-7-5-12/h13H,4-8H2,1-3H3,(H,15,16). The molecule has 1 aliphatic heterocycles. The van der Waals surface area contributed by atoms with E-state index in [9.17, 15) is 14.7 Å². The summed E-state index contributed by atoms with van der Waals surface area (Å²) in [7, 11) is 0. The number of hydrogen-bond acceptors (Lipinski definition) is 4. The van der Waals surface area contributed by atoms with Crippen molar-refractivity contribution >= 4 is 11.9 Å². The number of aliphatic carboxylic acids is 1. The van der Waals surface area contributed by atoms with Crippen molar-refractivity contribution in [1.29, 1.82) is 0 Å². The summed E-state index contributed by atoms with van der Waals surface area (Å²) in [6.07, 6.45) is 0.907. The molecule has 1 aliphatic rings. The van der Waals surface area contributed by atoms with Crippen molar-refractivity contribution in [1.82, 2.24) is 5.32 Å². The van der Waals surface area contributed by atoms with Crippen LogP contribution in [0.4, 0.5) is 0 Å². The Morgan fingerprint density at radius 1 is 1.29 bits per heavy atom. The van der Waals surface area contributed by atoms with E-state index in [1.165, 1.54) is 0 Å². The van der Waals surface area contributed by atoms with Gasteiger partial charge in [-0.25, -0.2) is 0 Å². The summed E-state index contributed by atoms with van der Waals surface area (Å²) >= 11 is 0. The summed E-state index contributed by atoms with van der Waals surface area (Å²) in [5.74, 6) is -1.33. The Bertz CT molecular complexity index is 300. The van der Waals surface area contributed by atoms with Crippen LogP contribution in [-0.4, -0.2) is 35.7 Å². The van der Waals surface area contributed by atoms with Crippen molar-refractivity contribution in [2.24, 2.45) is 5.41 Å². The normalized spacial score (nSPS) is 19.7. The Balaban J connectivity index is 2.67. The van der Waals surface area contributed by atoms with E-state index in [4.69, 9.17) is 4.74 Å². The van der Waals surface area contributed by atoms with Crippen LogP contribution in [0.3, 0.4) is 0 Å². The predicted molar refractivity (Wildman–Crippen MR) is 62.6 cm³/mol. The second-order valence-electron chi connectivity index (χ2n) is 5.60. The molecule has 1 rings (SSSR count). The number of ether oxygens (including phenoxy) is 1. The second kappa shape index (κ2) is 5.04. The molecule has 0 aromatic heterocycles. The van der Waals surface area contributed by atoms with Gasteiger partial charge in [0.15, 0.2) is 0 Å². The van der Waals surface area contributed by atoms with Crippen molar-refractivity contribution in [2.75, 3.05) is 13.1 Å². The zero-order valence-electron chi connectivity index (χ0n) is 10.7. The lowest BCUT2D eigenvalue weighted by Gasteiger charge is -2.33. The van der Waals surface area contributed by atoms with E-state index in [0.717, 1.165) is 0 Å². The first-order valence-corrected chi connectivity index (χ1v) is 5.91. The molecule has 0 unspecified atom stereocenters. The zero-order valence-corrected chi connectivity index (χ0v) is 10.7. The van der Waals surface area contributed by atoms with Gasteiger partial charge in [0.05, 0.1) is 11.8 Å². The first-order chi connectivity index (χ1) is 7.75. The Labute approximate surface area is 102 Å². The zero-order chi connectivity index (χ0) is 13.1. The summed E-state index contributed by atoms with van der Waals surface area (Å²) in [6.45, 7) is 6.60. The van der Waals surface area contributed by atoms with Crippen molar-refractivity contribution < 1.29 is 19.4 Å². The maximum Gasteiger partial charge on any atom is 0.310 e. The van der Waals surface area contributed by atoms with Crippen molar-refractivity contribution in [2.45, 2.75) is 45.6 Å². The molecule has 0 radical (unpaired) electrons. The van der Waals surface area contributed by atoms with Gasteiger partial charge in [0.2, 0.25) is 0 Å². The highest BCUT2D eigenvalue weighted by molar-refractivity contribution is 5.82.